The monoisotopic (exact) mass is 336 g/mol. The largest absolute Gasteiger partial charge is 0.399 e. The predicted octanol–water partition coefficient (Wildman–Crippen LogP) is 2.93. The SMILES string of the molecule is Nc1ccc(C(=O)NP(=O)(c2ccccc2)c2ccccc2)cc1. The first-order chi connectivity index (χ1) is 11.6. The standard InChI is InChI=1S/C19H17N2O2P/c20-16-13-11-15(12-14-16)19(22)21-24(23,17-7-3-1-4-8-17)18-9-5-2-6-10-18/h1-14H,20H2,(H,21,22,23). The molecule has 3 aromatic rings. The van der Waals surface area contributed by atoms with Crippen molar-refractivity contribution in [1.82, 2.24) is 5.09 Å². The Balaban J connectivity index is 2.02. The Morgan fingerprint density at radius 1 is 0.750 bits per heavy atom. The van der Waals surface area contributed by atoms with Gasteiger partial charge in [-0.3, -0.25) is 14.4 Å². The maximum atomic E-state index is 13.7. The molecule has 0 heterocycles. The van der Waals surface area contributed by atoms with E-state index in [1.54, 1.807) is 72.8 Å². The van der Waals surface area contributed by atoms with Crippen molar-refractivity contribution in [3.63, 3.8) is 0 Å². The lowest BCUT2D eigenvalue weighted by molar-refractivity contribution is 0.0981. The molecular formula is C19H17N2O2P. The summed E-state index contributed by atoms with van der Waals surface area (Å²) in [4.78, 5) is 12.6. The lowest BCUT2D eigenvalue weighted by atomic mass is 10.2. The van der Waals surface area contributed by atoms with E-state index in [4.69, 9.17) is 5.73 Å². The first-order valence-electron chi connectivity index (χ1n) is 7.49. The summed E-state index contributed by atoms with van der Waals surface area (Å²) in [6, 6.07) is 24.5. The van der Waals surface area contributed by atoms with Crippen molar-refractivity contribution in [3.8, 4) is 0 Å². The minimum atomic E-state index is -3.29. The molecule has 3 N–H and O–H groups in total. The van der Waals surface area contributed by atoms with Crippen molar-refractivity contribution < 1.29 is 9.36 Å². The van der Waals surface area contributed by atoms with Gasteiger partial charge in [-0.2, -0.15) is 0 Å². The highest BCUT2D eigenvalue weighted by atomic mass is 31.2. The van der Waals surface area contributed by atoms with E-state index in [0.717, 1.165) is 0 Å². The number of carbonyl (C=O) groups is 1. The third kappa shape index (κ3) is 3.24. The summed E-state index contributed by atoms with van der Waals surface area (Å²) in [6.07, 6.45) is 0. The molecule has 0 bridgehead atoms. The predicted molar refractivity (Wildman–Crippen MR) is 98.1 cm³/mol. The number of carbonyl (C=O) groups excluding carboxylic acids is 1. The minimum absolute atomic E-state index is 0.397. The first kappa shape index (κ1) is 16.0. The zero-order valence-corrected chi connectivity index (χ0v) is 13.8. The van der Waals surface area contributed by atoms with Crippen LogP contribution in [0.4, 0.5) is 5.69 Å². The molecule has 120 valence electrons. The van der Waals surface area contributed by atoms with E-state index in [9.17, 15) is 9.36 Å². The molecule has 0 aliphatic carbocycles. The van der Waals surface area contributed by atoms with E-state index in [0.29, 0.717) is 21.9 Å². The van der Waals surface area contributed by atoms with Gasteiger partial charge in [0.15, 0.2) is 0 Å². The Morgan fingerprint density at radius 3 is 1.67 bits per heavy atom. The number of nitrogen functional groups attached to an aromatic ring is 1. The van der Waals surface area contributed by atoms with Gasteiger partial charge in [0.2, 0.25) is 7.29 Å². The number of nitrogens with two attached hydrogens (primary N) is 1. The van der Waals surface area contributed by atoms with E-state index in [1.165, 1.54) is 0 Å². The van der Waals surface area contributed by atoms with Gasteiger partial charge in [0.25, 0.3) is 5.91 Å². The summed E-state index contributed by atoms with van der Waals surface area (Å²) >= 11 is 0. The van der Waals surface area contributed by atoms with Crippen LogP contribution < -0.4 is 21.4 Å². The number of nitrogens with one attached hydrogen (secondary N) is 1. The topological polar surface area (TPSA) is 72.2 Å². The van der Waals surface area contributed by atoms with Crippen LogP contribution >= 0.6 is 7.29 Å². The maximum absolute atomic E-state index is 13.7. The van der Waals surface area contributed by atoms with Crippen molar-refractivity contribution in [2.24, 2.45) is 0 Å². The van der Waals surface area contributed by atoms with E-state index in [1.807, 2.05) is 12.1 Å². The fourth-order valence-corrected chi connectivity index (χ4v) is 4.55. The molecule has 5 heteroatoms. The summed E-state index contributed by atoms with van der Waals surface area (Å²) in [5.41, 5.74) is 6.63. The van der Waals surface area contributed by atoms with Crippen LogP contribution in [0.3, 0.4) is 0 Å². The number of anilines is 1. The quantitative estimate of drug-likeness (QED) is 0.568. The van der Waals surface area contributed by atoms with Crippen molar-refractivity contribution >= 4 is 29.5 Å². The lowest BCUT2D eigenvalue weighted by Crippen LogP contribution is -2.32. The molecule has 0 saturated carbocycles. The first-order valence-corrected chi connectivity index (χ1v) is 9.20. The van der Waals surface area contributed by atoms with Gasteiger partial charge in [0.1, 0.15) is 0 Å². The smallest absolute Gasteiger partial charge is 0.257 e. The minimum Gasteiger partial charge on any atom is -0.399 e. The van der Waals surface area contributed by atoms with Crippen molar-refractivity contribution in [3.05, 3.63) is 90.5 Å². The number of amides is 1. The Kier molecular flexibility index (Phi) is 4.50. The average molecular weight is 336 g/mol. The zero-order valence-electron chi connectivity index (χ0n) is 12.9. The molecule has 0 aromatic heterocycles. The highest BCUT2D eigenvalue weighted by molar-refractivity contribution is 7.77. The van der Waals surface area contributed by atoms with E-state index in [-0.39, 0.29) is 0 Å². The Bertz CT molecular complexity index is 835. The van der Waals surface area contributed by atoms with Crippen LogP contribution in [0.25, 0.3) is 0 Å². The molecule has 1 amide bonds. The van der Waals surface area contributed by atoms with Gasteiger partial charge in [-0.1, -0.05) is 36.4 Å². The highest BCUT2D eigenvalue weighted by Gasteiger charge is 2.29. The van der Waals surface area contributed by atoms with Crippen LogP contribution in [0, 0.1) is 0 Å². The Morgan fingerprint density at radius 2 is 1.21 bits per heavy atom. The van der Waals surface area contributed by atoms with Gasteiger partial charge in [0.05, 0.1) is 0 Å². The molecule has 0 radical (unpaired) electrons. The average Bonchev–Trinajstić information content (AvgIpc) is 2.63. The van der Waals surface area contributed by atoms with Crippen LogP contribution in [-0.4, -0.2) is 5.91 Å². The van der Waals surface area contributed by atoms with Crippen molar-refractivity contribution in [1.29, 1.82) is 0 Å². The second kappa shape index (κ2) is 6.73. The third-order valence-corrected chi connectivity index (χ3v) is 6.24. The molecule has 0 atom stereocenters. The van der Waals surface area contributed by atoms with Gasteiger partial charge < -0.3 is 5.73 Å². The summed E-state index contributed by atoms with van der Waals surface area (Å²) in [5, 5.41) is 3.90. The van der Waals surface area contributed by atoms with E-state index in [2.05, 4.69) is 5.09 Å². The summed E-state index contributed by atoms with van der Waals surface area (Å²) in [6.45, 7) is 0. The van der Waals surface area contributed by atoms with E-state index < -0.39 is 13.2 Å². The second-order valence-electron chi connectivity index (χ2n) is 5.34. The number of hydrogen-bond acceptors (Lipinski definition) is 3. The summed E-state index contributed by atoms with van der Waals surface area (Å²) < 4.78 is 13.7. The van der Waals surface area contributed by atoms with Crippen molar-refractivity contribution in [2.75, 3.05) is 5.73 Å². The fraction of sp³-hybridized carbons (Fsp3) is 0. The molecule has 3 rings (SSSR count). The van der Waals surface area contributed by atoms with Gasteiger partial charge in [-0.25, -0.2) is 0 Å². The zero-order chi connectivity index (χ0) is 17.0. The van der Waals surface area contributed by atoms with Gasteiger partial charge in [-0.05, 0) is 48.5 Å². The normalized spacial score (nSPS) is 11.0. The Labute approximate surface area is 140 Å². The van der Waals surface area contributed by atoms with Gasteiger partial charge in [0, 0.05) is 21.9 Å². The van der Waals surface area contributed by atoms with Crippen molar-refractivity contribution in [2.45, 2.75) is 0 Å². The highest BCUT2D eigenvalue weighted by Crippen LogP contribution is 2.38. The molecule has 0 fully saturated rings. The molecule has 0 aliphatic heterocycles. The number of rotatable bonds is 4. The van der Waals surface area contributed by atoms with Crippen LogP contribution in [0.1, 0.15) is 10.4 Å². The molecule has 4 nitrogen and oxygen atoms in total. The third-order valence-electron chi connectivity index (χ3n) is 3.67. The second-order valence-corrected chi connectivity index (χ2v) is 7.82. The van der Waals surface area contributed by atoms with Crippen LogP contribution in [0.15, 0.2) is 84.9 Å². The van der Waals surface area contributed by atoms with Crippen LogP contribution in [-0.2, 0) is 4.57 Å². The Hall–Kier alpha value is -2.84. The molecule has 0 unspecified atom stereocenters. The fourth-order valence-electron chi connectivity index (χ4n) is 2.40. The molecule has 0 spiro atoms. The molecule has 24 heavy (non-hydrogen) atoms. The number of hydrogen-bond donors (Lipinski definition) is 2. The number of benzene rings is 3. The summed E-state index contributed by atoms with van der Waals surface area (Å²) in [7, 11) is -3.29. The van der Waals surface area contributed by atoms with E-state index >= 15 is 0 Å². The van der Waals surface area contributed by atoms with Crippen LogP contribution in [0.5, 0.6) is 0 Å². The maximum Gasteiger partial charge on any atom is 0.257 e. The summed E-state index contributed by atoms with van der Waals surface area (Å²) in [5.74, 6) is -0.397. The lowest BCUT2D eigenvalue weighted by Gasteiger charge is -2.20. The molecule has 3 aromatic carbocycles. The molecular weight excluding hydrogens is 319 g/mol. The molecule has 0 saturated heterocycles. The van der Waals surface area contributed by atoms with Gasteiger partial charge in [-0.15, -0.1) is 0 Å². The van der Waals surface area contributed by atoms with Crippen LogP contribution in [0.2, 0.25) is 0 Å². The molecule has 0 aliphatic rings. The van der Waals surface area contributed by atoms with Gasteiger partial charge >= 0.3 is 0 Å².